The number of aromatic nitrogens is 3. The molecule has 0 aliphatic carbocycles. The molecule has 0 amide bonds. The van der Waals surface area contributed by atoms with Gasteiger partial charge in [0, 0.05) is 31.0 Å². The van der Waals surface area contributed by atoms with Crippen LogP contribution in [0.15, 0.2) is 40.9 Å². The van der Waals surface area contributed by atoms with Gasteiger partial charge in [0.1, 0.15) is 11.6 Å². The summed E-state index contributed by atoms with van der Waals surface area (Å²) in [6.45, 7) is 0.968. The second-order valence-electron chi connectivity index (χ2n) is 7.85. The number of rotatable bonds is 9. The van der Waals surface area contributed by atoms with Gasteiger partial charge in [-0.25, -0.2) is 9.37 Å². The minimum Gasteiger partial charge on any atom is -0.481 e. The number of carboxylic acids is 1. The van der Waals surface area contributed by atoms with Gasteiger partial charge in [0.25, 0.3) is 0 Å². The number of benzene rings is 1. The van der Waals surface area contributed by atoms with Gasteiger partial charge in [-0.1, -0.05) is 23.4 Å². The summed E-state index contributed by atoms with van der Waals surface area (Å²) >= 11 is 0. The number of aryl methyl sites for hydroxylation is 3. The number of hydrogen-bond acceptors (Lipinski definition) is 6. The number of nitrogens with zero attached hydrogens (tertiary/aromatic N) is 3. The van der Waals surface area contributed by atoms with Crippen LogP contribution in [0.2, 0.25) is 0 Å². The number of carboxylic acid groups (broad SMARTS) is 1. The molecule has 1 aromatic carbocycles. The van der Waals surface area contributed by atoms with Crippen molar-refractivity contribution in [2.45, 2.75) is 50.9 Å². The van der Waals surface area contributed by atoms with E-state index in [0.717, 1.165) is 49.3 Å². The summed E-state index contributed by atoms with van der Waals surface area (Å²) in [5.74, 6) is 0.332. The summed E-state index contributed by atoms with van der Waals surface area (Å²) in [4.78, 5) is 20.4. The molecule has 0 spiro atoms. The fourth-order valence-corrected chi connectivity index (χ4v) is 3.87. The maximum atomic E-state index is 13.2. The summed E-state index contributed by atoms with van der Waals surface area (Å²) in [6, 6.07) is 10.1. The minimum absolute atomic E-state index is 0.0959. The third-order valence-corrected chi connectivity index (χ3v) is 5.48. The van der Waals surface area contributed by atoms with E-state index >= 15 is 0 Å². The smallest absolute Gasteiger partial charge is 0.303 e. The molecule has 0 bridgehead atoms. The summed E-state index contributed by atoms with van der Waals surface area (Å²) in [6.07, 6.45) is 4.71. The lowest BCUT2D eigenvalue weighted by Gasteiger charge is -2.17. The fourth-order valence-electron chi connectivity index (χ4n) is 3.87. The van der Waals surface area contributed by atoms with E-state index in [0.29, 0.717) is 24.6 Å². The van der Waals surface area contributed by atoms with Gasteiger partial charge in [0.15, 0.2) is 5.82 Å². The van der Waals surface area contributed by atoms with Crippen molar-refractivity contribution in [1.29, 1.82) is 0 Å². The molecule has 1 atom stereocenters. The van der Waals surface area contributed by atoms with Gasteiger partial charge in [0.2, 0.25) is 5.89 Å². The number of fused-ring (bicyclic) bond motifs is 1. The highest BCUT2D eigenvalue weighted by Crippen LogP contribution is 2.25. The van der Waals surface area contributed by atoms with Crippen molar-refractivity contribution in [3.63, 3.8) is 0 Å². The molecule has 2 N–H and O–H groups in total. The number of pyridine rings is 1. The zero-order chi connectivity index (χ0) is 21.6. The van der Waals surface area contributed by atoms with Gasteiger partial charge in [-0.2, -0.15) is 4.98 Å². The summed E-state index contributed by atoms with van der Waals surface area (Å²) < 4.78 is 18.5. The number of anilines is 1. The van der Waals surface area contributed by atoms with E-state index in [-0.39, 0.29) is 18.2 Å². The largest absolute Gasteiger partial charge is 0.481 e. The van der Waals surface area contributed by atoms with Crippen molar-refractivity contribution >= 4 is 11.8 Å². The first kappa shape index (κ1) is 21.0. The molecule has 3 heterocycles. The van der Waals surface area contributed by atoms with Crippen molar-refractivity contribution < 1.29 is 18.8 Å². The van der Waals surface area contributed by atoms with Gasteiger partial charge >= 0.3 is 5.97 Å². The van der Waals surface area contributed by atoms with E-state index in [9.17, 15) is 14.3 Å². The molecule has 4 rings (SSSR count). The highest BCUT2D eigenvalue weighted by atomic mass is 19.1. The summed E-state index contributed by atoms with van der Waals surface area (Å²) in [5.41, 5.74) is 3.04. The van der Waals surface area contributed by atoms with Crippen LogP contribution < -0.4 is 5.32 Å². The Morgan fingerprint density at radius 3 is 2.81 bits per heavy atom. The number of carbonyl (C=O) groups is 1. The predicted molar refractivity (Wildman–Crippen MR) is 112 cm³/mol. The van der Waals surface area contributed by atoms with E-state index in [1.807, 2.05) is 0 Å². The molecular formula is C23H25FN4O3. The molecule has 1 aliphatic rings. The first-order valence-corrected chi connectivity index (χ1v) is 10.6. The van der Waals surface area contributed by atoms with Gasteiger partial charge in [-0.3, -0.25) is 4.79 Å². The number of halogens is 1. The van der Waals surface area contributed by atoms with E-state index in [2.05, 4.69) is 27.6 Å². The topological polar surface area (TPSA) is 101 Å². The highest BCUT2D eigenvalue weighted by Gasteiger charge is 2.20. The second kappa shape index (κ2) is 9.68. The van der Waals surface area contributed by atoms with Crippen molar-refractivity contribution in [3.05, 3.63) is 70.8 Å². The zero-order valence-corrected chi connectivity index (χ0v) is 17.2. The molecule has 2 aromatic heterocycles. The van der Waals surface area contributed by atoms with Crippen LogP contribution in [0.5, 0.6) is 0 Å². The SMILES string of the molecule is O=C(O)CC(Cc1nc(CCCc2ccc3c(n2)NCCC3)no1)c1ccc(F)cc1. The third kappa shape index (κ3) is 5.65. The van der Waals surface area contributed by atoms with Crippen molar-refractivity contribution in [3.8, 4) is 0 Å². The molecule has 0 fully saturated rings. The molecule has 0 saturated heterocycles. The fraction of sp³-hybridized carbons (Fsp3) is 0.391. The molecule has 31 heavy (non-hydrogen) atoms. The Kier molecular flexibility index (Phi) is 6.54. The average molecular weight is 424 g/mol. The van der Waals surface area contributed by atoms with Gasteiger partial charge in [-0.15, -0.1) is 0 Å². The minimum atomic E-state index is -0.930. The summed E-state index contributed by atoms with van der Waals surface area (Å²) in [5, 5.41) is 16.6. The number of nitrogens with one attached hydrogen (secondary N) is 1. The van der Waals surface area contributed by atoms with Gasteiger partial charge in [-0.05, 0) is 55.0 Å². The Balaban J connectivity index is 1.33. The first-order chi connectivity index (χ1) is 15.1. The maximum absolute atomic E-state index is 13.2. The van der Waals surface area contributed by atoms with E-state index in [4.69, 9.17) is 9.51 Å². The Hall–Kier alpha value is -3.29. The predicted octanol–water partition coefficient (Wildman–Crippen LogP) is 3.94. The Morgan fingerprint density at radius 1 is 1.16 bits per heavy atom. The zero-order valence-electron chi connectivity index (χ0n) is 17.2. The normalized spacial score (nSPS) is 14.0. The molecule has 1 unspecified atom stereocenters. The van der Waals surface area contributed by atoms with Crippen LogP contribution in [-0.4, -0.2) is 32.7 Å². The van der Waals surface area contributed by atoms with E-state index < -0.39 is 5.97 Å². The van der Waals surface area contributed by atoms with Gasteiger partial charge in [0.05, 0.1) is 6.42 Å². The summed E-state index contributed by atoms with van der Waals surface area (Å²) in [7, 11) is 0. The lowest BCUT2D eigenvalue weighted by molar-refractivity contribution is -0.137. The maximum Gasteiger partial charge on any atom is 0.303 e. The van der Waals surface area contributed by atoms with Crippen molar-refractivity contribution in [1.82, 2.24) is 15.1 Å². The molecule has 0 radical (unpaired) electrons. The number of hydrogen-bond donors (Lipinski definition) is 2. The Morgan fingerprint density at radius 2 is 2.00 bits per heavy atom. The van der Waals surface area contributed by atoms with Crippen LogP contribution in [0, 0.1) is 5.82 Å². The quantitative estimate of drug-likeness (QED) is 0.536. The van der Waals surface area contributed by atoms with E-state index in [1.54, 1.807) is 12.1 Å². The lowest BCUT2D eigenvalue weighted by Crippen LogP contribution is -2.14. The van der Waals surface area contributed by atoms with Crippen LogP contribution in [0.25, 0.3) is 0 Å². The monoisotopic (exact) mass is 424 g/mol. The van der Waals surface area contributed by atoms with Crippen LogP contribution in [0.1, 0.15) is 53.7 Å². The third-order valence-electron chi connectivity index (χ3n) is 5.48. The Labute approximate surface area is 179 Å². The molecule has 8 heteroatoms. The Bertz CT molecular complexity index is 1040. The van der Waals surface area contributed by atoms with Crippen molar-refractivity contribution in [2.24, 2.45) is 0 Å². The van der Waals surface area contributed by atoms with Crippen LogP contribution in [0.3, 0.4) is 0 Å². The molecule has 0 saturated carbocycles. The molecule has 1 aliphatic heterocycles. The lowest BCUT2D eigenvalue weighted by atomic mass is 9.92. The average Bonchev–Trinajstić information content (AvgIpc) is 3.20. The van der Waals surface area contributed by atoms with Crippen LogP contribution >= 0.6 is 0 Å². The standard InChI is InChI=1S/C23H25FN4O3/c24-18-9-6-15(7-10-18)17(14-22(29)30)13-21-27-20(28-31-21)5-1-4-19-11-8-16-3-2-12-25-23(16)26-19/h6-11,17H,1-5,12-14H2,(H,25,26)(H,29,30). The second-order valence-corrected chi connectivity index (χ2v) is 7.85. The molecule has 162 valence electrons. The van der Waals surface area contributed by atoms with Gasteiger partial charge < -0.3 is 14.9 Å². The molecular weight excluding hydrogens is 399 g/mol. The highest BCUT2D eigenvalue weighted by molar-refractivity contribution is 5.68. The molecule has 7 nitrogen and oxygen atoms in total. The van der Waals surface area contributed by atoms with Crippen LogP contribution in [-0.2, 0) is 30.5 Å². The van der Waals surface area contributed by atoms with Crippen molar-refractivity contribution in [2.75, 3.05) is 11.9 Å². The first-order valence-electron chi connectivity index (χ1n) is 10.6. The number of aliphatic carboxylic acids is 1. The van der Waals surface area contributed by atoms with Crippen LogP contribution in [0.4, 0.5) is 10.2 Å². The van der Waals surface area contributed by atoms with E-state index in [1.165, 1.54) is 17.7 Å². The molecule has 3 aromatic rings.